The van der Waals surface area contributed by atoms with E-state index in [0.29, 0.717) is 11.6 Å². The van der Waals surface area contributed by atoms with E-state index in [-0.39, 0.29) is 5.82 Å². The molecule has 0 amide bonds. The molecule has 21 heavy (non-hydrogen) atoms. The standard InChI is InChI=1S/C14H11ClFN5/c15-11-4-10(5-12(16)6-11)8-17-13-2-1-3-14(7-13)21-9-18-19-20-21/h1-7,9,17H,8H2. The highest BCUT2D eigenvalue weighted by Gasteiger charge is 2.02. The van der Waals surface area contributed by atoms with Gasteiger partial charge in [0.15, 0.2) is 0 Å². The molecule has 1 aromatic heterocycles. The van der Waals surface area contributed by atoms with Crippen LogP contribution in [0, 0.1) is 5.82 Å². The molecule has 0 radical (unpaired) electrons. The molecule has 106 valence electrons. The Kier molecular flexibility index (Phi) is 3.79. The molecule has 0 saturated heterocycles. The SMILES string of the molecule is Fc1cc(Cl)cc(CNc2cccc(-n3cnnn3)c2)c1. The maximum absolute atomic E-state index is 13.3. The van der Waals surface area contributed by atoms with E-state index >= 15 is 0 Å². The Hall–Kier alpha value is -2.47. The van der Waals surface area contributed by atoms with Gasteiger partial charge in [0.1, 0.15) is 12.1 Å². The molecule has 3 aromatic rings. The van der Waals surface area contributed by atoms with Gasteiger partial charge in [0.25, 0.3) is 0 Å². The molecule has 1 N–H and O–H groups in total. The lowest BCUT2D eigenvalue weighted by molar-refractivity contribution is 0.626. The second-order valence-corrected chi connectivity index (χ2v) is 4.87. The predicted molar refractivity (Wildman–Crippen MR) is 77.9 cm³/mol. The number of hydrogen-bond acceptors (Lipinski definition) is 4. The molecule has 3 rings (SSSR count). The molecule has 1 heterocycles. The number of benzene rings is 2. The highest BCUT2D eigenvalue weighted by molar-refractivity contribution is 6.30. The quantitative estimate of drug-likeness (QED) is 0.805. The fourth-order valence-electron chi connectivity index (χ4n) is 1.96. The van der Waals surface area contributed by atoms with Gasteiger partial charge in [0, 0.05) is 17.3 Å². The van der Waals surface area contributed by atoms with Crippen LogP contribution in [-0.4, -0.2) is 20.2 Å². The van der Waals surface area contributed by atoms with Gasteiger partial charge >= 0.3 is 0 Å². The largest absolute Gasteiger partial charge is 0.381 e. The van der Waals surface area contributed by atoms with E-state index in [0.717, 1.165) is 16.9 Å². The average Bonchev–Trinajstić information content (AvgIpc) is 2.99. The molecule has 0 unspecified atom stereocenters. The Balaban J connectivity index is 1.75. The average molecular weight is 304 g/mol. The Bertz CT molecular complexity index is 725. The molecule has 0 atom stereocenters. The maximum atomic E-state index is 13.3. The van der Waals surface area contributed by atoms with Crippen LogP contribution in [0.4, 0.5) is 10.1 Å². The van der Waals surface area contributed by atoms with Crippen LogP contribution >= 0.6 is 11.6 Å². The summed E-state index contributed by atoms with van der Waals surface area (Å²) in [6, 6.07) is 12.0. The lowest BCUT2D eigenvalue weighted by Gasteiger charge is -2.08. The summed E-state index contributed by atoms with van der Waals surface area (Å²) in [7, 11) is 0. The van der Waals surface area contributed by atoms with E-state index in [1.165, 1.54) is 18.5 Å². The van der Waals surface area contributed by atoms with Crippen LogP contribution in [0.1, 0.15) is 5.56 Å². The molecular formula is C14H11ClFN5. The van der Waals surface area contributed by atoms with Gasteiger partial charge in [-0.3, -0.25) is 0 Å². The third kappa shape index (κ3) is 3.35. The second-order valence-electron chi connectivity index (χ2n) is 4.44. The molecule has 0 aliphatic carbocycles. The minimum absolute atomic E-state index is 0.346. The van der Waals surface area contributed by atoms with Crippen molar-refractivity contribution in [3.05, 3.63) is 65.2 Å². The lowest BCUT2D eigenvalue weighted by atomic mass is 10.2. The maximum Gasteiger partial charge on any atom is 0.143 e. The van der Waals surface area contributed by atoms with Gasteiger partial charge < -0.3 is 5.32 Å². The first-order valence-electron chi connectivity index (χ1n) is 6.23. The zero-order valence-corrected chi connectivity index (χ0v) is 11.6. The van der Waals surface area contributed by atoms with Crippen LogP contribution in [0.5, 0.6) is 0 Å². The number of nitrogens with one attached hydrogen (secondary N) is 1. The van der Waals surface area contributed by atoms with Crippen molar-refractivity contribution in [2.75, 3.05) is 5.32 Å². The fourth-order valence-corrected chi connectivity index (χ4v) is 2.20. The fraction of sp³-hybridized carbons (Fsp3) is 0.0714. The normalized spacial score (nSPS) is 10.6. The van der Waals surface area contributed by atoms with Crippen LogP contribution in [0.25, 0.3) is 5.69 Å². The molecule has 0 fully saturated rings. The third-order valence-corrected chi connectivity index (χ3v) is 3.10. The summed E-state index contributed by atoms with van der Waals surface area (Å²) in [5.41, 5.74) is 2.48. The van der Waals surface area contributed by atoms with Gasteiger partial charge in [0.05, 0.1) is 5.69 Å². The smallest absolute Gasteiger partial charge is 0.143 e. The van der Waals surface area contributed by atoms with E-state index in [2.05, 4.69) is 20.8 Å². The molecule has 5 nitrogen and oxygen atoms in total. The van der Waals surface area contributed by atoms with Gasteiger partial charge in [0.2, 0.25) is 0 Å². The molecule has 0 spiro atoms. The van der Waals surface area contributed by atoms with Crippen LogP contribution < -0.4 is 5.32 Å². The molecule has 0 saturated carbocycles. The summed E-state index contributed by atoms with van der Waals surface area (Å²) < 4.78 is 14.8. The zero-order chi connectivity index (χ0) is 14.7. The summed E-state index contributed by atoms with van der Waals surface area (Å²) in [6.45, 7) is 0.469. The predicted octanol–water partition coefficient (Wildman–Crippen LogP) is 3.07. The Morgan fingerprint density at radius 2 is 2.10 bits per heavy atom. The summed E-state index contributed by atoms with van der Waals surface area (Å²) in [5, 5.41) is 14.6. The summed E-state index contributed by atoms with van der Waals surface area (Å²) in [5.74, 6) is -0.346. The number of tetrazole rings is 1. The number of rotatable bonds is 4. The first kappa shape index (κ1) is 13.5. The highest BCUT2D eigenvalue weighted by Crippen LogP contribution is 2.17. The van der Waals surface area contributed by atoms with E-state index < -0.39 is 0 Å². The van der Waals surface area contributed by atoms with Crippen molar-refractivity contribution in [2.24, 2.45) is 0 Å². The topological polar surface area (TPSA) is 55.6 Å². The zero-order valence-electron chi connectivity index (χ0n) is 10.9. The summed E-state index contributed by atoms with van der Waals surface area (Å²) in [6.07, 6.45) is 1.52. The molecule has 0 aliphatic heterocycles. The molecule has 0 bridgehead atoms. The monoisotopic (exact) mass is 303 g/mol. The third-order valence-electron chi connectivity index (χ3n) is 2.88. The van der Waals surface area contributed by atoms with Gasteiger partial charge in [-0.15, -0.1) is 5.10 Å². The first-order chi connectivity index (χ1) is 10.2. The molecular weight excluding hydrogens is 293 g/mol. The van der Waals surface area contributed by atoms with Crippen molar-refractivity contribution in [3.8, 4) is 5.69 Å². The van der Waals surface area contributed by atoms with Gasteiger partial charge in [-0.25, -0.2) is 9.07 Å². The highest BCUT2D eigenvalue weighted by atomic mass is 35.5. The van der Waals surface area contributed by atoms with Crippen molar-refractivity contribution in [1.82, 2.24) is 20.2 Å². The van der Waals surface area contributed by atoms with E-state index in [1.54, 1.807) is 10.7 Å². The van der Waals surface area contributed by atoms with Gasteiger partial charge in [-0.1, -0.05) is 17.7 Å². The van der Waals surface area contributed by atoms with Crippen LogP contribution in [-0.2, 0) is 6.54 Å². The van der Waals surface area contributed by atoms with Crippen molar-refractivity contribution in [1.29, 1.82) is 0 Å². The number of anilines is 1. The van der Waals surface area contributed by atoms with Crippen LogP contribution in [0.15, 0.2) is 48.8 Å². The minimum atomic E-state index is -0.346. The van der Waals surface area contributed by atoms with E-state index in [4.69, 9.17) is 11.6 Å². The van der Waals surface area contributed by atoms with Gasteiger partial charge in [-0.05, 0) is 52.4 Å². The molecule has 2 aromatic carbocycles. The number of hydrogen-bond donors (Lipinski definition) is 1. The number of nitrogens with zero attached hydrogens (tertiary/aromatic N) is 4. The van der Waals surface area contributed by atoms with Gasteiger partial charge in [-0.2, -0.15) is 0 Å². The Labute approximate surface area is 125 Å². The lowest BCUT2D eigenvalue weighted by Crippen LogP contribution is -2.01. The first-order valence-corrected chi connectivity index (χ1v) is 6.61. The summed E-state index contributed by atoms with van der Waals surface area (Å²) in [4.78, 5) is 0. The van der Waals surface area contributed by atoms with Crippen molar-refractivity contribution >= 4 is 17.3 Å². The van der Waals surface area contributed by atoms with Crippen molar-refractivity contribution in [2.45, 2.75) is 6.54 Å². The summed E-state index contributed by atoms with van der Waals surface area (Å²) >= 11 is 5.83. The van der Waals surface area contributed by atoms with Crippen molar-refractivity contribution < 1.29 is 4.39 Å². The van der Waals surface area contributed by atoms with E-state index in [1.807, 2.05) is 24.3 Å². The van der Waals surface area contributed by atoms with E-state index in [9.17, 15) is 4.39 Å². The van der Waals surface area contributed by atoms with Crippen molar-refractivity contribution in [3.63, 3.8) is 0 Å². The number of halogens is 2. The minimum Gasteiger partial charge on any atom is -0.381 e. The second kappa shape index (κ2) is 5.88. The number of aromatic nitrogens is 4. The molecule has 7 heteroatoms. The van der Waals surface area contributed by atoms with Crippen LogP contribution in [0.2, 0.25) is 5.02 Å². The Morgan fingerprint density at radius 3 is 2.86 bits per heavy atom. The van der Waals surface area contributed by atoms with Crippen LogP contribution in [0.3, 0.4) is 0 Å². The molecule has 0 aliphatic rings. The Morgan fingerprint density at radius 1 is 1.19 bits per heavy atom.